The van der Waals surface area contributed by atoms with Crippen LogP contribution in [0.1, 0.15) is 79.3 Å². The SMILES string of the molecule is CCCC(C)NC(=O)C(c1cccc(O)c1)N(C(=O)C(CC(N)=O)NC(=O)OC(C)(C)C)C(C)C. The fourth-order valence-corrected chi connectivity index (χ4v) is 3.67. The molecule has 10 nitrogen and oxygen atoms in total. The number of hydrogen-bond donors (Lipinski definition) is 4. The van der Waals surface area contributed by atoms with Gasteiger partial charge in [-0.2, -0.15) is 0 Å². The molecule has 0 saturated carbocycles. The minimum absolute atomic E-state index is 0.0707. The van der Waals surface area contributed by atoms with E-state index in [9.17, 15) is 24.3 Å². The molecule has 0 radical (unpaired) electrons. The molecule has 0 aromatic heterocycles. The molecule has 0 aliphatic carbocycles. The Morgan fingerprint density at radius 1 is 1.11 bits per heavy atom. The molecule has 35 heavy (non-hydrogen) atoms. The van der Waals surface area contributed by atoms with E-state index in [0.717, 1.165) is 12.8 Å². The predicted octanol–water partition coefficient (Wildman–Crippen LogP) is 2.74. The first-order chi connectivity index (χ1) is 16.2. The van der Waals surface area contributed by atoms with Gasteiger partial charge < -0.3 is 31.1 Å². The lowest BCUT2D eigenvalue weighted by molar-refractivity contribution is -0.145. The number of aromatic hydroxyl groups is 1. The highest BCUT2D eigenvalue weighted by molar-refractivity contribution is 5.94. The molecule has 196 valence electrons. The molecule has 0 heterocycles. The Morgan fingerprint density at radius 3 is 2.23 bits per heavy atom. The van der Waals surface area contributed by atoms with Gasteiger partial charge in [0.05, 0.1) is 6.42 Å². The molecule has 0 fully saturated rings. The van der Waals surface area contributed by atoms with Gasteiger partial charge in [-0.3, -0.25) is 14.4 Å². The minimum atomic E-state index is -1.36. The van der Waals surface area contributed by atoms with Gasteiger partial charge >= 0.3 is 6.09 Å². The van der Waals surface area contributed by atoms with Crippen LogP contribution in [-0.2, 0) is 19.1 Å². The fraction of sp³-hybridized carbons (Fsp3) is 0.600. The van der Waals surface area contributed by atoms with Crippen molar-refractivity contribution in [1.82, 2.24) is 15.5 Å². The van der Waals surface area contributed by atoms with Gasteiger partial charge in [-0.15, -0.1) is 0 Å². The third-order valence-electron chi connectivity index (χ3n) is 5.03. The number of alkyl carbamates (subject to hydrolysis) is 1. The summed E-state index contributed by atoms with van der Waals surface area (Å²) < 4.78 is 5.24. The number of phenols is 1. The molecule has 1 rings (SSSR count). The lowest BCUT2D eigenvalue weighted by atomic mass is 9.99. The van der Waals surface area contributed by atoms with Crippen molar-refractivity contribution in [2.24, 2.45) is 5.73 Å². The zero-order valence-corrected chi connectivity index (χ0v) is 21.8. The summed E-state index contributed by atoms with van der Waals surface area (Å²) in [5.41, 5.74) is 4.91. The van der Waals surface area contributed by atoms with Gasteiger partial charge in [0.1, 0.15) is 23.4 Å². The second-order valence-electron chi connectivity index (χ2n) is 9.90. The standard InChI is InChI=1S/C25H40N4O6/c1-8-10-16(4)27-22(32)21(17-11-9-12-18(30)13-17)29(15(2)3)23(33)19(14-20(26)31)28-24(34)35-25(5,6)7/h9,11-13,15-16,19,21,30H,8,10,14H2,1-7H3,(H2,26,31)(H,27,32)(H,28,34). The van der Waals surface area contributed by atoms with E-state index in [4.69, 9.17) is 10.5 Å². The molecule has 3 unspecified atom stereocenters. The Labute approximate surface area is 207 Å². The van der Waals surface area contributed by atoms with Crippen molar-refractivity contribution >= 4 is 23.8 Å². The summed E-state index contributed by atoms with van der Waals surface area (Å²) >= 11 is 0. The van der Waals surface area contributed by atoms with Crippen molar-refractivity contribution in [2.75, 3.05) is 0 Å². The molecule has 10 heteroatoms. The summed E-state index contributed by atoms with van der Waals surface area (Å²) in [5.74, 6) is -2.01. The van der Waals surface area contributed by atoms with E-state index < -0.39 is 54.0 Å². The zero-order valence-electron chi connectivity index (χ0n) is 21.8. The minimum Gasteiger partial charge on any atom is -0.508 e. The van der Waals surface area contributed by atoms with Crippen LogP contribution in [0.25, 0.3) is 0 Å². The molecular weight excluding hydrogens is 452 g/mol. The molecule has 4 amide bonds. The number of carbonyl (C=O) groups excluding carboxylic acids is 4. The van der Waals surface area contributed by atoms with Crippen molar-refractivity contribution in [3.63, 3.8) is 0 Å². The molecule has 0 aliphatic rings. The third kappa shape index (κ3) is 9.84. The number of carbonyl (C=O) groups is 4. The number of hydrogen-bond acceptors (Lipinski definition) is 6. The molecule has 0 spiro atoms. The predicted molar refractivity (Wildman–Crippen MR) is 132 cm³/mol. The summed E-state index contributed by atoms with van der Waals surface area (Å²) in [7, 11) is 0. The smallest absolute Gasteiger partial charge is 0.408 e. The quantitative estimate of drug-likeness (QED) is 0.373. The Kier molecular flexibility index (Phi) is 11.0. The number of nitrogens with two attached hydrogens (primary N) is 1. The molecule has 0 bridgehead atoms. The van der Waals surface area contributed by atoms with Crippen LogP contribution in [0.15, 0.2) is 24.3 Å². The number of primary amides is 1. The van der Waals surface area contributed by atoms with Crippen molar-refractivity contribution in [2.45, 2.75) is 97.5 Å². The van der Waals surface area contributed by atoms with Gasteiger partial charge in [0, 0.05) is 12.1 Å². The first-order valence-electron chi connectivity index (χ1n) is 11.9. The van der Waals surface area contributed by atoms with Gasteiger partial charge in [-0.25, -0.2) is 4.79 Å². The molecule has 0 aliphatic heterocycles. The summed E-state index contributed by atoms with van der Waals surface area (Å²) in [5, 5.41) is 15.4. The largest absolute Gasteiger partial charge is 0.508 e. The number of nitrogens with zero attached hydrogens (tertiary/aromatic N) is 1. The van der Waals surface area contributed by atoms with Gasteiger partial charge in [0.25, 0.3) is 0 Å². The Bertz CT molecular complexity index is 896. The van der Waals surface area contributed by atoms with E-state index >= 15 is 0 Å². The highest BCUT2D eigenvalue weighted by Gasteiger charge is 2.38. The first kappa shape index (κ1) is 29.7. The van der Waals surface area contributed by atoms with Crippen LogP contribution < -0.4 is 16.4 Å². The first-order valence-corrected chi connectivity index (χ1v) is 11.9. The Balaban J connectivity index is 3.46. The maximum Gasteiger partial charge on any atom is 0.408 e. The Morgan fingerprint density at radius 2 is 1.74 bits per heavy atom. The molecular formula is C25H40N4O6. The molecule has 3 atom stereocenters. The second kappa shape index (κ2) is 13.0. The van der Waals surface area contributed by atoms with Gasteiger partial charge in [-0.05, 0) is 65.7 Å². The fourth-order valence-electron chi connectivity index (χ4n) is 3.67. The molecule has 0 saturated heterocycles. The van der Waals surface area contributed by atoms with Crippen molar-refractivity contribution in [3.8, 4) is 5.75 Å². The average Bonchev–Trinajstić information content (AvgIpc) is 2.68. The van der Waals surface area contributed by atoms with Crippen LogP contribution in [0.2, 0.25) is 0 Å². The maximum atomic E-state index is 13.7. The number of benzene rings is 1. The van der Waals surface area contributed by atoms with E-state index in [0.29, 0.717) is 5.56 Å². The van der Waals surface area contributed by atoms with Crippen molar-refractivity contribution in [1.29, 1.82) is 0 Å². The summed E-state index contributed by atoms with van der Waals surface area (Å²) in [6, 6.07) is 2.90. The third-order valence-corrected chi connectivity index (χ3v) is 5.03. The molecule has 1 aromatic rings. The highest BCUT2D eigenvalue weighted by Crippen LogP contribution is 2.28. The number of nitrogens with one attached hydrogen (secondary N) is 2. The summed E-state index contributed by atoms with van der Waals surface area (Å²) in [6.07, 6.45) is 0.210. The van der Waals surface area contributed by atoms with Gasteiger partial charge in [0.15, 0.2) is 0 Å². The van der Waals surface area contributed by atoms with Gasteiger partial charge in [-0.1, -0.05) is 25.5 Å². The van der Waals surface area contributed by atoms with Crippen LogP contribution in [0.5, 0.6) is 5.75 Å². The molecule has 5 N–H and O–H groups in total. The van der Waals surface area contributed by atoms with Crippen LogP contribution in [-0.4, -0.2) is 57.5 Å². The highest BCUT2D eigenvalue weighted by atomic mass is 16.6. The van der Waals surface area contributed by atoms with Gasteiger partial charge in [0.2, 0.25) is 17.7 Å². The van der Waals surface area contributed by atoms with E-state index in [1.165, 1.54) is 17.0 Å². The molecule has 1 aromatic carbocycles. The average molecular weight is 493 g/mol. The summed E-state index contributed by atoms with van der Waals surface area (Å²) in [4.78, 5) is 52.7. The number of amides is 4. The van der Waals surface area contributed by atoms with Crippen LogP contribution in [0.3, 0.4) is 0 Å². The lowest BCUT2D eigenvalue weighted by Gasteiger charge is -2.37. The van der Waals surface area contributed by atoms with Crippen molar-refractivity contribution < 1.29 is 29.0 Å². The van der Waals surface area contributed by atoms with Crippen molar-refractivity contribution in [3.05, 3.63) is 29.8 Å². The second-order valence-corrected chi connectivity index (χ2v) is 9.90. The van der Waals surface area contributed by atoms with E-state index in [-0.39, 0.29) is 11.8 Å². The topological polar surface area (TPSA) is 151 Å². The van der Waals surface area contributed by atoms with E-state index in [1.54, 1.807) is 46.8 Å². The van der Waals surface area contributed by atoms with Crippen LogP contribution in [0.4, 0.5) is 4.79 Å². The monoisotopic (exact) mass is 492 g/mol. The normalized spacial score (nSPS) is 13.9. The number of phenolic OH excluding ortho intramolecular Hbond substituents is 1. The lowest BCUT2D eigenvalue weighted by Crippen LogP contribution is -2.56. The van der Waals surface area contributed by atoms with E-state index in [1.807, 2.05) is 13.8 Å². The Hall–Kier alpha value is -3.30. The number of ether oxygens (including phenoxy) is 1. The number of rotatable bonds is 11. The van der Waals surface area contributed by atoms with Crippen LogP contribution in [0, 0.1) is 0 Å². The van der Waals surface area contributed by atoms with Crippen LogP contribution >= 0.6 is 0 Å². The zero-order chi connectivity index (χ0) is 26.9. The maximum absolute atomic E-state index is 13.7. The summed E-state index contributed by atoms with van der Waals surface area (Å²) in [6.45, 7) is 12.3. The van der Waals surface area contributed by atoms with E-state index in [2.05, 4.69) is 10.6 Å².